The predicted octanol–water partition coefficient (Wildman–Crippen LogP) is 3.50. The Kier molecular flexibility index (Phi) is 7.43. The standard InChI is InChI=1S/C18H28N2/c1(7-13-19-15-17-9-3-4-10-17)2-8-14-20-16-18-11-5-6-12-18/h3-6,9,11,19-20H,1-2,7-8,10,12-16H2. The van der Waals surface area contributed by atoms with Gasteiger partial charge in [-0.1, -0.05) is 60.4 Å². The first-order valence-corrected chi connectivity index (χ1v) is 8.06. The third-order valence-corrected chi connectivity index (χ3v) is 3.86. The molecule has 0 saturated carbocycles. The van der Waals surface area contributed by atoms with E-state index in [1.807, 2.05) is 0 Å². The van der Waals surface area contributed by atoms with Crippen LogP contribution in [0.1, 0.15) is 38.5 Å². The summed E-state index contributed by atoms with van der Waals surface area (Å²) in [5, 5.41) is 7.06. The van der Waals surface area contributed by atoms with Crippen molar-refractivity contribution in [3.05, 3.63) is 47.6 Å². The van der Waals surface area contributed by atoms with E-state index in [1.165, 1.54) is 36.8 Å². The summed E-state index contributed by atoms with van der Waals surface area (Å²) >= 11 is 0. The number of allylic oxidation sites excluding steroid dienone is 6. The Hall–Kier alpha value is -1.12. The summed E-state index contributed by atoms with van der Waals surface area (Å²) in [7, 11) is 0. The van der Waals surface area contributed by atoms with Gasteiger partial charge in [-0.05, 0) is 38.8 Å². The van der Waals surface area contributed by atoms with Gasteiger partial charge in [-0.15, -0.1) is 0 Å². The average molecular weight is 272 g/mol. The van der Waals surface area contributed by atoms with Crippen molar-refractivity contribution in [2.45, 2.75) is 38.5 Å². The van der Waals surface area contributed by atoms with E-state index in [-0.39, 0.29) is 0 Å². The molecular weight excluding hydrogens is 244 g/mol. The largest absolute Gasteiger partial charge is 0.313 e. The van der Waals surface area contributed by atoms with Gasteiger partial charge in [-0.25, -0.2) is 0 Å². The van der Waals surface area contributed by atoms with Crippen molar-refractivity contribution >= 4 is 0 Å². The highest BCUT2D eigenvalue weighted by Gasteiger charge is 1.99. The number of hydrogen-bond donors (Lipinski definition) is 2. The highest BCUT2D eigenvalue weighted by atomic mass is 14.9. The van der Waals surface area contributed by atoms with Gasteiger partial charge in [-0.2, -0.15) is 0 Å². The number of nitrogens with one attached hydrogen (secondary N) is 2. The van der Waals surface area contributed by atoms with E-state index >= 15 is 0 Å². The molecule has 0 aromatic heterocycles. The molecule has 0 radical (unpaired) electrons. The van der Waals surface area contributed by atoms with Gasteiger partial charge in [0.25, 0.3) is 0 Å². The Morgan fingerprint density at radius 2 is 1.20 bits per heavy atom. The highest BCUT2D eigenvalue weighted by Crippen LogP contribution is 2.09. The van der Waals surface area contributed by atoms with E-state index in [9.17, 15) is 0 Å². The minimum Gasteiger partial charge on any atom is -0.313 e. The monoisotopic (exact) mass is 272 g/mol. The van der Waals surface area contributed by atoms with Crippen molar-refractivity contribution in [1.82, 2.24) is 10.6 Å². The first-order chi connectivity index (χ1) is 9.95. The second-order valence-corrected chi connectivity index (χ2v) is 5.68. The molecule has 0 aliphatic heterocycles. The molecule has 110 valence electrons. The Morgan fingerprint density at radius 1 is 0.700 bits per heavy atom. The minimum absolute atomic E-state index is 1.07. The molecule has 2 rings (SSSR count). The van der Waals surface area contributed by atoms with Gasteiger partial charge < -0.3 is 10.6 Å². The minimum atomic E-state index is 1.07. The van der Waals surface area contributed by atoms with E-state index in [1.54, 1.807) is 0 Å². The smallest absolute Gasteiger partial charge is 0.0170 e. The molecule has 2 aliphatic carbocycles. The molecule has 0 spiro atoms. The van der Waals surface area contributed by atoms with Crippen LogP contribution in [0.3, 0.4) is 0 Å². The fraction of sp³-hybridized carbons (Fsp3) is 0.556. The first kappa shape index (κ1) is 15.3. The third kappa shape index (κ3) is 6.36. The van der Waals surface area contributed by atoms with Gasteiger partial charge in [0.05, 0.1) is 0 Å². The molecule has 20 heavy (non-hydrogen) atoms. The van der Waals surface area contributed by atoms with Crippen LogP contribution in [0.2, 0.25) is 0 Å². The second kappa shape index (κ2) is 9.73. The Balaban J connectivity index is 1.30. The lowest BCUT2D eigenvalue weighted by atomic mass is 10.2. The van der Waals surface area contributed by atoms with Gasteiger partial charge >= 0.3 is 0 Å². The van der Waals surface area contributed by atoms with Crippen LogP contribution in [0.25, 0.3) is 0 Å². The SMILES string of the molecule is C1=CCC(CNCCCCCCNCC2=CC=CC2)=C1. The molecule has 0 bridgehead atoms. The zero-order valence-corrected chi connectivity index (χ0v) is 12.5. The van der Waals surface area contributed by atoms with Crippen LogP contribution in [0.5, 0.6) is 0 Å². The zero-order chi connectivity index (χ0) is 13.9. The van der Waals surface area contributed by atoms with Crippen molar-refractivity contribution < 1.29 is 0 Å². The van der Waals surface area contributed by atoms with E-state index in [2.05, 4.69) is 47.1 Å². The van der Waals surface area contributed by atoms with Crippen molar-refractivity contribution in [2.75, 3.05) is 26.2 Å². The number of unbranched alkanes of at least 4 members (excludes halogenated alkanes) is 3. The first-order valence-electron chi connectivity index (χ1n) is 8.06. The average Bonchev–Trinajstić information content (AvgIpc) is 3.14. The normalized spacial score (nSPS) is 16.8. The molecular formula is C18H28N2. The number of hydrogen-bond acceptors (Lipinski definition) is 2. The van der Waals surface area contributed by atoms with Crippen LogP contribution in [0.15, 0.2) is 47.6 Å². The maximum Gasteiger partial charge on any atom is 0.0170 e. The van der Waals surface area contributed by atoms with E-state index in [0.717, 1.165) is 39.0 Å². The summed E-state index contributed by atoms with van der Waals surface area (Å²) in [6.07, 6.45) is 20.8. The molecule has 2 nitrogen and oxygen atoms in total. The molecule has 2 heteroatoms. The summed E-state index contributed by atoms with van der Waals surface area (Å²) in [5.74, 6) is 0. The molecule has 0 atom stereocenters. The summed E-state index contributed by atoms with van der Waals surface area (Å²) in [6.45, 7) is 4.45. The lowest BCUT2D eigenvalue weighted by molar-refractivity contribution is 0.579. The third-order valence-electron chi connectivity index (χ3n) is 3.86. The summed E-state index contributed by atoms with van der Waals surface area (Å²) in [4.78, 5) is 0. The van der Waals surface area contributed by atoms with Gasteiger partial charge in [-0.3, -0.25) is 0 Å². The molecule has 0 aromatic rings. The van der Waals surface area contributed by atoms with Gasteiger partial charge in [0.15, 0.2) is 0 Å². The van der Waals surface area contributed by atoms with Gasteiger partial charge in [0.2, 0.25) is 0 Å². The molecule has 2 N–H and O–H groups in total. The quantitative estimate of drug-likeness (QED) is 0.563. The topological polar surface area (TPSA) is 24.1 Å². The fourth-order valence-corrected chi connectivity index (χ4v) is 2.60. The van der Waals surface area contributed by atoms with E-state index < -0.39 is 0 Å². The van der Waals surface area contributed by atoms with E-state index in [4.69, 9.17) is 0 Å². The Morgan fingerprint density at radius 3 is 1.60 bits per heavy atom. The molecule has 0 unspecified atom stereocenters. The van der Waals surface area contributed by atoms with E-state index in [0.29, 0.717) is 0 Å². The molecule has 0 heterocycles. The van der Waals surface area contributed by atoms with Crippen molar-refractivity contribution in [1.29, 1.82) is 0 Å². The van der Waals surface area contributed by atoms with Crippen LogP contribution in [-0.4, -0.2) is 26.2 Å². The molecule has 0 aromatic carbocycles. The van der Waals surface area contributed by atoms with Crippen molar-refractivity contribution in [3.63, 3.8) is 0 Å². The molecule has 0 amide bonds. The summed E-state index contributed by atoms with van der Waals surface area (Å²) < 4.78 is 0. The van der Waals surface area contributed by atoms with Crippen molar-refractivity contribution in [2.24, 2.45) is 0 Å². The molecule has 0 saturated heterocycles. The summed E-state index contributed by atoms with van der Waals surface area (Å²) in [5.41, 5.74) is 3.04. The Labute approximate surface area is 123 Å². The van der Waals surface area contributed by atoms with Gasteiger partial charge in [0.1, 0.15) is 0 Å². The predicted molar refractivity (Wildman–Crippen MR) is 87.9 cm³/mol. The highest BCUT2D eigenvalue weighted by molar-refractivity contribution is 5.24. The van der Waals surface area contributed by atoms with Crippen LogP contribution in [0.4, 0.5) is 0 Å². The van der Waals surface area contributed by atoms with Crippen LogP contribution < -0.4 is 10.6 Å². The van der Waals surface area contributed by atoms with Gasteiger partial charge in [0, 0.05) is 13.1 Å². The van der Waals surface area contributed by atoms with Crippen LogP contribution in [-0.2, 0) is 0 Å². The second-order valence-electron chi connectivity index (χ2n) is 5.68. The van der Waals surface area contributed by atoms with Crippen LogP contribution in [0, 0.1) is 0 Å². The summed E-state index contributed by atoms with van der Waals surface area (Å²) in [6, 6.07) is 0. The number of rotatable bonds is 11. The maximum absolute atomic E-state index is 3.53. The van der Waals surface area contributed by atoms with Crippen molar-refractivity contribution in [3.8, 4) is 0 Å². The Bertz CT molecular complexity index is 350. The van der Waals surface area contributed by atoms with Crippen LogP contribution >= 0.6 is 0 Å². The molecule has 2 aliphatic rings. The zero-order valence-electron chi connectivity index (χ0n) is 12.5. The molecule has 0 fully saturated rings. The maximum atomic E-state index is 3.53. The fourth-order valence-electron chi connectivity index (χ4n) is 2.60. The lowest BCUT2D eigenvalue weighted by Gasteiger charge is -2.07. The lowest BCUT2D eigenvalue weighted by Crippen LogP contribution is -2.19.